The largest absolute Gasteiger partial charge is 0.356 e. The average molecular weight is 204 g/mol. The Labute approximate surface area is 87.1 Å². The molecule has 0 saturated heterocycles. The lowest BCUT2D eigenvalue weighted by Gasteiger charge is -2.25. The number of hydrogen-bond acceptors (Lipinski definition) is 4. The molecule has 0 amide bonds. The summed E-state index contributed by atoms with van der Waals surface area (Å²) in [5, 5.41) is 0. The summed E-state index contributed by atoms with van der Waals surface area (Å²) in [5.74, 6) is 0. The molecular formula is C10H24N2O2. The molecule has 4 nitrogen and oxygen atoms in total. The van der Waals surface area contributed by atoms with Crippen LogP contribution in [0.15, 0.2) is 0 Å². The maximum atomic E-state index is 5.58. The standard InChI is InChI=1S/C10H24N2O2/c1-9(14-10(2,3)4)12-13-8-6-5-7-11/h9,12H,5-8,11H2,1-4H3. The molecule has 0 aliphatic carbocycles. The predicted octanol–water partition coefficient (Wildman–Crippen LogP) is 1.41. The number of nitrogens with one attached hydrogen (secondary N) is 1. The van der Waals surface area contributed by atoms with Crippen LogP contribution in [0.25, 0.3) is 0 Å². The van der Waals surface area contributed by atoms with Crippen LogP contribution in [0.4, 0.5) is 0 Å². The molecule has 0 aromatic rings. The molecule has 0 bridgehead atoms. The first-order valence-electron chi connectivity index (χ1n) is 5.21. The van der Waals surface area contributed by atoms with E-state index in [1.807, 2.05) is 27.7 Å². The highest BCUT2D eigenvalue weighted by molar-refractivity contribution is 4.59. The van der Waals surface area contributed by atoms with E-state index in [0.29, 0.717) is 6.61 Å². The molecule has 0 fully saturated rings. The molecule has 86 valence electrons. The Kier molecular flexibility index (Phi) is 7.09. The summed E-state index contributed by atoms with van der Waals surface area (Å²) in [6.45, 7) is 9.36. The van der Waals surface area contributed by atoms with Crippen LogP contribution in [0.3, 0.4) is 0 Å². The fourth-order valence-electron chi connectivity index (χ4n) is 1.05. The fourth-order valence-corrected chi connectivity index (χ4v) is 1.05. The van der Waals surface area contributed by atoms with Gasteiger partial charge < -0.3 is 10.5 Å². The average Bonchev–Trinajstić information content (AvgIpc) is 2.00. The minimum atomic E-state index is -0.146. The molecular weight excluding hydrogens is 180 g/mol. The quantitative estimate of drug-likeness (QED) is 0.374. The van der Waals surface area contributed by atoms with Gasteiger partial charge in [0.2, 0.25) is 0 Å². The van der Waals surface area contributed by atoms with Gasteiger partial charge in [-0.05, 0) is 47.1 Å². The van der Waals surface area contributed by atoms with Gasteiger partial charge in [-0.15, -0.1) is 0 Å². The highest BCUT2D eigenvalue weighted by Crippen LogP contribution is 2.08. The van der Waals surface area contributed by atoms with E-state index in [2.05, 4.69) is 5.48 Å². The van der Waals surface area contributed by atoms with Crippen LogP contribution in [0, 0.1) is 0 Å². The van der Waals surface area contributed by atoms with Gasteiger partial charge in [-0.1, -0.05) is 0 Å². The van der Waals surface area contributed by atoms with E-state index in [1.165, 1.54) is 0 Å². The highest BCUT2D eigenvalue weighted by Gasteiger charge is 2.14. The number of nitrogens with two attached hydrogens (primary N) is 1. The number of unbranched alkanes of at least 4 members (excludes halogenated alkanes) is 1. The van der Waals surface area contributed by atoms with Crippen LogP contribution in [0.2, 0.25) is 0 Å². The topological polar surface area (TPSA) is 56.5 Å². The summed E-state index contributed by atoms with van der Waals surface area (Å²) in [4.78, 5) is 5.21. The van der Waals surface area contributed by atoms with Crippen LogP contribution in [-0.2, 0) is 9.57 Å². The fraction of sp³-hybridized carbons (Fsp3) is 1.00. The molecule has 3 N–H and O–H groups in total. The zero-order valence-electron chi connectivity index (χ0n) is 9.80. The van der Waals surface area contributed by atoms with Crippen LogP contribution in [0.1, 0.15) is 40.5 Å². The van der Waals surface area contributed by atoms with Gasteiger partial charge in [0.05, 0.1) is 12.2 Å². The second kappa shape index (κ2) is 7.17. The van der Waals surface area contributed by atoms with Crippen molar-refractivity contribution in [3.8, 4) is 0 Å². The number of rotatable bonds is 7. The first-order valence-corrected chi connectivity index (χ1v) is 5.21. The van der Waals surface area contributed by atoms with Gasteiger partial charge in [0.25, 0.3) is 0 Å². The van der Waals surface area contributed by atoms with Crippen LogP contribution in [0.5, 0.6) is 0 Å². The number of ether oxygens (including phenoxy) is 1. The molecule has 0 radical (unpaired) electrons. The second-order valence-corrected chi connectivity index (χ2v) is 4.33. The van der Waals surface area contributed by atoms with Crippen LogP contribution >= 0.6 is 0 Å². The first-order chi connectivity index (χ1) is 6.45. The lowest BCUT2D eigenvalue weighted by atomic mass is 10.2. The Morgan fingerprint density at radius 3 is 2.43 bits per heavy atom. The minimum absolute atomic E-state index is 0.0899. The molecule has 1 atom stereocenters. The highest BCUT2D eigenvalue weighted by atomic mass is 16.7. The Hall–Kier alpha value is -0.160. The van der Waals surface area contributed by atoms with Gasteiger partial charge in [0.1, 0.15) is 6.23 Å². The summed E-state index contributed by atoms with van der Waals surface area (Å²) in [6, 6.07) is 0. The van der Waals surface area contributed by atoms with Gasteiger partial charge in [-0.25, -0.2) is 0 Å². The van der Waals surface area contributed by atoms with Crippen molar-refractivity contribution in [1.29, 1.82) is 0 Å². The molecule has 0 saturated carbocycles. The van der Waals surface area contributed by atoms with Crippen molar-refractivity contribution < 1.29 is 9.57 Å². The van der Waals surface area contributed by atoms with Gasteiger partial charge in [0, 0.05) is 0 Å². The molecule has 0 aliphatic rings. The monoisotopic (exact) mass is 204 g/mol. The molecule has 4 heteroatoms. The molecule has 0 spiro atoms. The van der Waals surface area contributed by atoms with E-state index < -0.39 is 0 Å². The molecule has 1 unspecified atom stereocenters. The first kappa shape index (κ1) is 13.8. The maximum absolute atomic E-state index is 5.58. The molecule has 0 rings (SSSR count). The normalized spacial score (nSPS) is 14.4. The van der Waals surface area contributed by atoms with Crippen molar-refractivity contribution in [2.45, 2.75) is 52.4 Å². The van der Waals surface area contributed by atoms with E-state index in [9.17, 15) is 0 Å². The van der Waals surface area contributed by atoms with Gasteiger partial charge in [0.15, 0.2) is 0 Å². The van der Waals surface area contributed by atoms with E-state index in [0.717, 1.165) is 19.4 Å². The third-order valence-electron chi connectivity index (χ3n) is 1.48. The van der Waals surface area contributed by atoms with E-state index in [4.69, 9.17) is 15.3 Å². The third kappa shape index (κ3) is 9.92. The summed E-state index contributed by atoms with van der Waals surface area (Å²) in [7, 11) is 0. The summed E-state index contributed by atoms with van der Waals surface area (Å²) < 4.78 is 5.58. The zero-order valence-corrected chi connectivity index (χ0v) is 9.80. The smallest absolute Gasteiger partial charge is 0.128 e. The molecule has 0 aromatic carbocycles. The number of hydroxylamine groups is 1. The van der Waals surface area contributed by atoms with Crippen molar-refractivity contribution in [3.63, 3.8) is 0 Å². The van der Waals surface area contributed by atoms with Crippen molar-refractivity contribution in [1.82, 2.24) is 5.48 Å². The Morgan fingerprint density at radius 1 is 1.29 bits per heavy atom. The summed E-state index contributed by atoms with van der Waals surface area (Å²) in [5.41, 5.74) is 8.04. The summed E-state index contributed by atoms with van der Waals surface area (Å²) in [6.07, 6.45) is 1.88. The van der Waals surface area contributed by atoms with E-state index in [-0.39, 0.29) is 11.8 Å². The second-order valence-electron chi connectivity index (χ2n) is 4.33. The molecule has 0 heterocycles. The lowest BCUT2D eigenvalue weighted by Crippen LogP contribution is -2.36. The van der Waals surface area contributed by atoms with E-state index in [1.54, 1.807) is 0 Å². The van der Waals surface area contributed by atoms with Gasteiger partial charge in [-0.3, -0.25) is 4.84 Å². The van der Waals surface area contributed by atoms with E-state index >= 15 is 0 Å². The minimum Gasteiger partial charge on any atom is -0.356 e. The van der Waals surface area contributed by atoms with Gasteiger partial charge >= 0.3 is 0 Å². The Bertz CT molecular complexity index is 135. The molecule has 0 aromatic heterocycles. The SMILES string of the molecule is CC(NOCCCCN)OC(C)(C)C. The summed E-state index contributed by atoms with van der Waals surface area (Å²) >= 11 is 0. The van der Waals surface area contributed by atoms with Crippen molar-refractivity contribution in [2.75, 3.05) is 13.2 Å². The maximum Gasteiger partial charge on any atom is 0.128 e. The Balaban J connectivity index is 3.31. The predicted molar refractivity (Wildman–Crippen MR) is 57.7 cm³/mol. The Morgan fingerprint density at radius 2 is 1.93 bits per heavy atom. The molecule has 14 heavy (non-hydrogen) atoms. The van der Waals surface area contributed by atoms with Crippen LogP contribution < -0.4 is 11.2 Å². The van der Waals surface area contributed by atoms with Crippen molar-refractivity contribution in [3.05, 3.63) is 0 Å². The number of hydrogen-bond donors (Lipinski definition) is 2. The third-order valence-corrected chi connectivity index (χ3v) is 1.48. The lowest BCUT2D eigenvalue weighted by molar-refractivity contribution is -0.135. The van der Waals surface area contributed by atoms with Crippen molar-refractivity contribution >= 4 is 0 Å². The van der Waals surface area contributed by atoms with Crippen LogP contribution in [-0.4, -0.2) is 25.0 Å². The molecule has 0 aliphatic heterocycles. The zero-order chi connectivity index (χ0) is 11.0. The van der Waals surface area contributed by atoms with Gasteiger partial charge in [-0.2, -0.15) is 5.48 Å². The van der Waals surface area contributed by atoms with Crippen molar-refractivity contribution in [2.24, 2.45) is 5.73 Å².